The van der Waals surface area contributed by atoms with Gasteiger partial charge in [-0.05, 0) is 33.6 Å². The number of hydrogen-bond acceptors (Lipinski definition) is 6. The standard InChI is InChI=1S/C11H19N5O3/c1-10(2,3)19-9(17)16-6-4-5-11(18,7-16)8-12-14-15-13-8/h18H,4-7H2,1-3H3,(H,12,13,14,15). The number of H-pyrrole nitrogens is 1. The first kappa shape index (κ1) is 13.7. The van der Waals surface area contributed by atoms with Crippen LogP contribution in [0.4, 0.5) is 4.79 Å². The number of aromatic amines is 1. The Balaban J connectivity index is 2.07. The zero-order valence-electron chi connectivity index (χ0n) is 11.4. The number of tetrazole rings is 1. The molecular weight excluding hydrogens is 250 g/mol. The highest BCUT2D eigenvalue weighted by molar-refractivity contribution is 5.68. The molecule has 0 aromatic carbocycles. The molecule has 0 saturated carbocycles. The molecule has 1 fully saturated rings. The van der Waals surface area contributed by atoms with Crippen molar-refractivity contribution >= 4 is 6.09 Å². The number of likely N-dealkylation sites (tertiary alicyclic amines) is 1. The van der Waals surface area contributed by atoms with Crippen molar-refractivity contribution in [3.05, 3.63) is 5.82 Å². The molecule has 1 unspecified atom stereocenters. The minimum Gasteiger partial charge on any atom is -0.444 e. The van der Waals surface area contributed by atoms with Crippen LogP contribution in [0.3, 0.4) is 0 Å². The molecule has 0 spiro atoms. The number of aromatic nitrogens is 4. The molecule has 8 heteroatoms. The van der Waals surface area contributed by atoms with Gasteiger partial charge in [0.25, 0.3) is 0 Å². The monoisotopic (exact) mass is 269 g/mol. The fourth-order valence-corrected chi connectivity index (χ4v) is 2.06. The second-order valence-corrected chi connectivity index (χ2v) is 5.77. The largest absolute Gasteiger partial charge is 0.444 e. The van der Waals surface area contributed by atoms with E-state index in [1.807, 2.05) is 0 Å². The number of ether oxygens (including phenoxy) is 1. The fourth-order valence-electron chi connectivity index (χ4n) is 2.06. The number of nitrogens with zero attached hydrogens (tertiary/aromatic N) is 4. The minimum atomic E-state index is -1.26. The molecule has 106 valence electrons. The summed E-state index contributed by atoms with van der Waals surface area (Å²) >= 11 is 0. The van der Waals surface area contributed by atoms with E-state index in [9.17, 15) is 9.90 Å². The van der Waals surface area contributed by atoms with Gasteiger partial charge in [-0.1, -0.05) is 5.21 Å². The Morgan fingerprint density at radius 2 is 2.26 bits per heavy atom. The molecule has 1 saturated heterocycles. The summed E-state index contributed by atoms with van der Waals surface area (Å²) in [5.41, 5.74) is -1.82. The van der Waals surface area contributed by atoms with Crippen molar-refractivity contribution in [2.45, 2.75) is 44.8 Å². The van der Waals surface area contributed by atoms with Crippen molar-refractivity contribution in [2.24, 2.45) is 0 Å². The summed E-state index contributed by atoms with van der Waals surface area (Å²) in [6.45, 7) is 6.08. The van der Waals surface area contributed by atoms with E-state index in [2.05, 4.69) is 20.6 Å². The average molecular weight is 269 g/mol. The van der Waals surface area contributed by atoms with Gasteiger partial charge in [0.1, 0.15) is 11.2 Å². The van der Waals surface area contributed by atoms with Crippen LogP contribution in [-0.2, 0) is 10.3 Å². The number of aliphatic hydroxyl groups is 1. The van der Waals surface area contributed by atoms with Gasteiger partial charge in [-0.15, -0.1) is 10.2 Å². The molecule has 1 aliphatic rings. The third kappa shape index (κ3) is 3.19. The summed E-state index contributed by atoms with van der Waals surface area (Å²) in [6.07, 6.45) is 0.713. The molecule has 2 rings (SSSR count). The molecule has 2 heterocycles. The molecule has 0 radical (unpaired) electrons. The van der Waals surface area contributed by atoms with Crippen LogP contribution in [0.1, 0.15) is 39.4 Å². The van der Waals surface area contributed by atoms with Crippen LogP contribution >= 0.6 is 0 Å². The van der Waals surface area contributed by atoms with Crippen LogP contribution in [-0.4, -0.2) is 55.4 Å². The van der Waals surface area contributed by atoms with Crippen molar-refractivity contribution < 1.29 is 14.6 Å². The summed E-state index contributed by atoms with van der Waals surface area (Å²) < 4.78 is 5.30. The smallest absolute Gasteiger partial charge is 0.410 e. The Morgan fingerprint density at radius 3 is 2.84 bits per heavy atom. The van der Waals surface area contributed by atoms with Crippen LogP contribution in [0, 0.1) is 0 Å². The van der Waals surface area contributed by atoms with Gasteiger partial charge >= 0.3 is 6.09 Å². The highest BCUT2D eigenvalue weighted by atomic mass is 16.6. The van der Waals surface area contributed by atoms with E-state index in [1.54, 1.807) is 20.8 Å². The SMILES string of the molecule is CC(C)(C)OC(=O)N1CCCC(O)(c2nn[nH]n2)C1. The van der Waals surface area contributed by atoms with E-state index < -0.39 is 17.3 Å². The Kier molecular flexibility index (Phi) is 3.44. The van der Waals surface area contributed by atoms with Gasteiger partial charge in [0.05, 0.1) is 6.54 Å². The number of carbonyl (C=O) groups excluding carboxylic acids is 1. The first-order valence-corrected chi connectivity index (χ1v) is 6.24. The third-order valence-electron chi connectivity index (χ3n) is 2.88. The van der Waals surface area contributed by atoms with E-state index in [1.165, 1.54) is 4.90 Å². The van der Waals surface area contributed by atoms with Crippen molar-refractivity contribution in [2.75, 3.05) is 13.1 Å². The molecule has 2 N–H and O–H groups in total. The maximum atomic E-state index is 12.0. The van der Waals surface area contributed by atoms with Crippen molar-refractivity contribution in [1.29, 1.82) is 0 Å². The lowest BCUT2D eigenvalue weighted by Crippen LogP contribution is -2.50. The van der Waals surface area contributed by atoms with Gasteiger partial charge in [-0.2, -0.15) is 5.21 Å². The maximum Gasteiger partial charge on any atom is 0.410 e. The summed E-state index contributed by atoms with van der Waals surface area (Å²) in [5, 5.41) is 23.9. The second-order valence-electron chi connectivity index (χ2n) is 5.77. The molecular formula is C11H19N5O3. The van der Waals surface area contributed by atoms with E-state index in [4.69, 9.17) is 4.74 Å². The van der Waals surface area contributed by atoms with Crippen LogP contribution < -0.4 is 0 Å². The molecule has 8 nitrogen and oxygen atoms in total. The number of amides is 1. The summed E-state index contributed by atoms with van der Waals surface area (Å²) in [6, 6.07) is 0. The van der Waals surface area contributed by atoms with Gasteiger partial charge in [0.15, 0.2) is 0 Å². The Labute approximate surface area is 111 Å². The van der Waals surface area contributed by atoms with Crippen molar-refractivity contribution in [3.8, 4) is 0 Å². The van der Waals surface area contributed by atoms with E-state index in [0.717, 1.165) is 0 Å². The quantitative estimate of drug-likeness (QED) is 0.765. The minimum absolute atomic E-state index is 0.113. The molecule has 1 aromatic rings. The highest BCUT2D eigenvalue weighted by Gasteiger charge is 2.41. The van der Waals surface area contributed by atoms with E-state index in [-0.39, 0.29) is 12.4 Å². The van der Waals surface area contributed by atoms with E-state index in [0.29, 0.717) is 19.4 Å². The zero-order valence-corrected chi connectivity index (χ0v) is 11.4. The van der Waals surface area contributed by atoms with Crippen LogP contribution in [0.5, 0.6) is 0 Å². The van der Waals surface area contributed by atoms with Gasteiger partial charge < -0.3 is 14.7 Å². The van der Waals surface area contributed by atoms with Gasteiger partial charge in [0.2, 0.25) is 5.82 Å². The number of piperidine rings is 1. The van der Waals surface area contributed by atoms with Gasteiger partial charge in [0, 0.05) is 6.54 Å². The molecule has 0 bridgehead atoms. The Hall–Kier alpha value is -1.70. The summed E-state index contributed by atoms with van der Waals surface area (Å²) in [7, 11) is 0. The van der Waals surface area contributed by atoms with E-state index >= 15 is 0 Å². The van der Waals surface area contributed by atoms with Crippen LogP contribution in [0.2, 0.25) is 0 Å². The van der Waals surface area contributed by atoms with Crippen LogP contribution in [0.15, 0.2) is 0 Å². The molecule has 1 aromatic heterocycles. The second kappa shape index (κ2) is 4.76. The Bertz CT molecular complexity index is 442. The normalized spacial score (nSPS) is 24.3. The Morgan fingerprint density at radius 1 is 1.53 bits per heavy atom. The first-order chi connectivity index (χ1) is 8.80. The molecule has 0 aliphatic carbocycles. The lowest BCUT2D eigenvalue weighted by atomic mass is 9.92. The lowest BCUT2D eigenvalue weighted by Gasteiger charge is -2.37. The number of carbonyl (C=O) groups is 1. The van der Waals surface area contributed by atoms with Gasteiger partial charge in [-0.25, -0.2) is 4.79 Å². The predicted molar refractivity (Wildman–Crippen MR) is 65.1 cm³/mol. The number of β-amino-alcohol motifs (C(OH)–C–C–N with tert-alkyl or cyclic N) is 1. The first-order valence-electron chi connectivity index (χ1n) is 6.24. The molecule has 19 heavy (non-hydrogen) atoms. The van der Waals surface area contributed by atoms with Gasteiger partial charge in [-0.3, -0.25) is 0 Å². The molecule has 1 amide bonds. The predicted octanol–water partition coefficient (Wildman–Crippen LogP) is 0.418. The topological polar surface area (TPSA) is 104 Å². The number of rotatable bonds is 1. The third-order valence-corrected chi connectivity index (χ3v) is 2.88. The molecule has 1 atom stereocenters. The summed E-state index contributed by atoms with van der Waals surface area (Å²) in [4.78, 5) is 13.5. The summed E-state index contributed by atoms with van der Waals surface area (Å²) in [5.74, 6) is 0.209. The van der Waals surface area contributed by atoms with Crippen molar-refractivity contribution in [3.63, 3.8) is 0 Å². The average Bonchev–Trinajstić information content (AvgIpc) is 2.80. The molecule has 1 aliphatic heterocycles. The fraction of sp³-hybridized carbons (Fsp3) is 0.818. The highest BCUT2D eigenvalue weighted by Crippen LogP contribution is 2.29. The number of nitrogens with one attached hydrogen (secondary N) is 1. The number of hydrogen-bond donors (Lipinski definition) is 2. The van der Waals surface area contributed by atoms with Crippen molar-refractivity contribution in [1.82, 2.24) is 25.5 Å². The van der Waals surface area contributed by atoms with Crippen LogP contribution in [0.25, 0.3) is 0 Å². The zero-order chi connectivity index (χ0) is 14.1. The lowest BCUT2D eigenvalue weighted by molar-refractivity contribution is -0.0514. The maximum absolute atomic E-state index is 12.0.